The third-order valence-corrected chi connectivity index (χ3v) is 6.67. The molecule has 0 saturated heterocycles. The Morgan fingerprint density at radius 3 is 2.55 bits per heavy atom. The van der Waals surface area contributed by atoms with Crippen molar-refractivity contribution in [2.75, 3.05) is 4.72 Å². The van der Waals surface area contributed by atoms with Gasteiger partial charge >= 0.3 is 0 Å². The lowest BCUT2D eigenvalue weighted by Crippen LogP contribution is -2.21. The van der Waals surface area contributed by atoms with Crippen molar-refractivity contribution in [1.82, 2.24) is 5.43 Å². The molecule has 0 atom stereocenters. The van der Waals surface area contributed by atoms with Crippen LogP contribution in [-0.4, -0.2) is 25.5 Å². The van der Waals surface area contributed by atoms with Gasteiger partial charge in [-0.25, -0.2) is 13.8 Å². The number of carbonyl (C=O) groups excluding carboxylic acids is 1. The second-order valence-electron chi connectivity index (χ2n) is 5.98. The molecule has 1 heterocycles. The second kappa shape index (κ2) is 9.78. The van der Waals surface area contributed by atoms with Crippen molar-refractivity contribution in [1.29, 1.82) is 0 Å². The SMILES string of the molecule is O=C(N/N=C/C=C/c1ccccc1[N+](=O)[O-])c1ccccc1NS(=O)(=O)c1cccs1. The predicted molar refractivity (Wildman–Crippen MR) is 120 cm³/mol. The monoisotopic (exact) mass is 456 g/mol. The maximum absolute atomic E-state index is 12.4. The highest BCUT2D eigenvalue weighted by molar-refractivity contribution is 7.94. The molecule has 3 aromatic rings. The van der Waals surface area contributed by atoms with Gasteiger partial charge in [0.15, 0.2) is 0 Å². The first-order valence-electron chi connectivity index (χ1n) is 8.77. The van der Waals surface area contributed by atoms with E-state index in [1.54, 1.807) is 41.8 Å². The molecule has 0 radical (unpaired) electrons. The number of rotatable bonds is 8. The number of anilines is 1. The van der Waals surface area contributed by atoms with E-state index in [0.29, 0.717) is 5.56 Å². The average Bonchev–Trinajstić information content (AvgIpc) is 3.30. The highest BCUT2D eigenvalue weighted by Crippen LogP contribution is 2.23. The van der Waals surface area contributed by atoms with Crippen molar-refractivity contribution in [2.24, 2.45) is 5.10 Å². The second-order valence-corrected chi connectivity index (χ2v) is 8.83. The van der Waals surface area contributed by atoms with Crippen molar-refractivity contribution in [3.63, 3.8) is 0 Å². The summed E-state index contributed by atoms with van der Waals surface area (Å²) in [7, 11) is -3.81. The molecule has 0 saturated carbocycles. The maximum Gasteiger partial charge on any atom is 0.276 e. The number of nitrogens with one attached hydrogen (secondary N) is 2. The van der Waals surface area contributed by atoms with Gasteiger partial charge < -0.3 is 0 Å². The fraction of sp³-hybridized carbons (Fsp3) is 0. The zero-order valence-electron chi connectivity index (χ0n) is 15.8. The van der Waals surface area contributed by atoms with E-state index in [2.05, 4.69) is 15.2 Å². The molecule has 2 N–H and O–H groups in total. The Morgan fingerprint density at radius 2 is 1.81 bits per heavy atom. The molecule has 0 aliphatic rings. The number of nitro benzene ring substituents is 1. The summed E-state index contributed by atoms with van der Waals surface area (Å²) in [5, 5.41) is 16.4. The average molecular weight is 457 g/mol. The fourth-order valence-corrected chi connectivity index (χ4v) is 4.59. The summed E-state index contributed by atoms with van der Waals surface area (Å²) in [5.74, 6) is -0.625. The Balaban J connectivity index is 1.69. The minimum Gasteiger partial charge on any atom is -0.278 e. The van der Waals surface area contributed by atoms with Crippen molar-refractivity contribution < 1.29 is 18.1 Å². The van der Waals surface area contributed by atoms with Gasteiger partial charge in [0.25, 0.3) is 21.6 Å². The van der Waals surface area contributed by atoms with Gasteiger partial charge in [-0.1, -0.05) is 30.3 Å². The van der Waals surface area contributed by atoms with Gasteiger partial charge in [-0.3, -0.25) is 19.6 Å². The van der Waals surface area contributed by atoms with E-state index in [4.69, 9.17) is 0 Å². The Bertz CT molecular complexity index is 1250. The molecular weight excluding hydrogens is 440 g/mol. The minimum atomic E-state index is -3.81. The molecular formula is C20H16N4O5S2. The molecule has 31 heavy (non-hydrogen) atoms. The summed E-state index contributed by atoms with van der Waals surface area (Å²) < 4.78 is 27.4. The molecule has 2 aromatic carbocycles. The summed E-state index contributed by atoms with van der Waals surface area (Å²) in [5.41, 5.74) is 2.83. The van der Waals surface area contributed by atoms with E-state index < -0.39 is 20.9 Å². The predicted octanol–water partition coefficient (Wildman–Crippen LogP) is 3.89. The van der Waals surface area contributed by atoms with Crippen LogP contribution >= 0.6 is 11.3 Å². The largest absolute Gasteiger partial charge is 0.278 e. The topological polar surface area (TPSA) is 131 Å². The van der Waals surface area contributed by atoms with E-state index in [9.17, 15) is 23.3 Å². The fourth-order valence-electron chi connectivity index (χ4n) is 2.52. The molecule has 1 aromatic heterocycles. The summed E-state index contributed by atoms with van der Waals surface area (Å²) >= 11 is 1.06. The van der Waals surface area contributed by atoms with Gasteiger partial charge in [-0.2, -0.15) is 5.10 Å². The number of para-hydroxylation sites is 2. The quantitative estimate of drug-likeness (QED) is 0.302. The Kier molecular flexibility index (Phi) is 6.90. The van der Waals surface area contributed by atoms with Crippen LogP contribution in [0.25, 0.3) is 6.08 Å². The summed E-state index contributed by atoms with van der Waals surface area (Å²) in [6, 6.07) is 15.4. The van der Waals surface area contributed by atoms with Gasteiger partial charge in [0, 0.05) is 12.3 Å². The lowest BCUT2D eigenvalue weighted by Gasteiger charge is -2.10. The van der Waals surface area contributed by atoms with Crippen LogP contribution < -0.4 is 10.1 Å². The van der Waals surface area contributed by atoms with Crippen LogP contribution in [0.5, 0.6) is 0 Å². The van der Waals surface area contributed by atoms with Crippen LogP contribution in [0.3, 0.4) is 0 Å². The summed E-state index contributed by atoms with van der Waals surface area (Å²) in [6.45, 7) is 0. The lowest BCUT2D eigenvalue weighted by molar-refractivity contribution is -0.385. The van der Waals surface area contributed by atoms with Gasteiger partial charge in [-0.15, -0.1) is 11.3 Å². The normalized spacial score (nSPS) is 11.6. The molecule has 0 bridgehead atoms. The summed E-state index contributed by atoms with van der Waals surface area (Å²) in [6.07, 6.45) is 4.18. The van der Waals surface area contributed by atoms with Gasteiger partial charge in [0.1, 0.15) is 4.21 Å². The smallest absolute Gasteiger partial charge is 0.276 e. The highest BCUT2D eigenvalue weighted by atomic mass is 32.2. The van der Waals surface area contributed by atoms with E-state index in [0.717, 1.165) is 11.3 Å². The van der Waals surface area contributed by atoms with Crippen LogP contribution in [0.1, 0.15) is 15.9 Å². The van der Waals surface area contributed by atoms with Crippen LogP contribution in [0, 0.1) is 10.1 Å². The standard InChI is InChI=1S/C20H16N4O5S2/c25-20(22-21-13-5-8-15-7-1-4-11-18(15)24(26)27)16-9-2-3-10-17(16)23-31(28,29)19-12-6-14-30-19/h1-14,23H,(H,22,25)/b8-5+,21-13+. The molecule has 1 amide bonds. The zero-order chi connectivity index (χ0) is 22.3. The number of nitro groups is 1. The van der Waals surface area contributed by atoms with Crippen LogP contribution in [0.15, 0.2) is 81.4 Å². The summed E-state index contributed by atoms with van der Waals surface area (Å²) in [4.78, 5) is 22.9. The van der Waals surface area contributed by atoms with Crippen molar-refractivity contribution in [3.8, 4) is 0 Å². The first-order valence-corrected chi connectivity index (χ1v) is 11.1. The van der Waals surface area contributed by atoms with Crippen molar-refractivity contribution >= 4 is 50.9 Å². The molecule has 9 nitrogen and oxygen atoms in total. The van der Waals surface area contributed by atoms with Crippen molar-refractivity contribution in [2.45, 2.75) is 4.21 Å². The van der Waals surface area contributed by atoms with E-state index in [1.807, 2.05) is 0 Å². The number of thiophene rings is 1. The number of hydrogen-bond donors (Lipinski definition) is 2. The van der Waals surface area contributed by atoms with E-state index >= 15 is 0 Å². The molecule has 0 aliphatic heterocycles. The Hall–Kier alpha value is -3.83. The number of amides is 1. The number of carbonyl (C=O) groups is 1. The molecule has 11 heteroatoms. The van der Waals surface area contributed by atoms with E-state index in [1.165, 1.54) is 42.6 Å². The zero-order valence-corrected chi connectivity index (χ0v) is 17.5. The Labute approximate surface area is 181 Å². The minimum absolute atomic E-state index is 0.0527. The molecule has 0 spiro atoms. The molecule has 0 unspecified atom stereocenters. The van der Waals surface area contributed by atoms with Crippen LogP contribution in [0.4, 0.5) is 11.4 Å². The third-order valence-electron chi connectivity index (χ3n) is 3.91. The number of hydrogen-bond acceptors (Lipinski definition) is 7. The number of allylic oxidation sites excluding steroid dienone is 1. The van der Waals surface area contributed by atoms with Crippen LogP contribution in [-0.2, 0) is 10.0 Å². The molecule has 3 rings (SSSR count). The third kappa shape index (κ3) is 5.62. The molecule has 0 aliphatic carbocycles. The number of hydrazone groups is 1. The number of sulfonamides is 1. The van der Waals surface area contributed by atoms with Gasteiger partial charge in [0.2, 0.25) is 0 Å². The number of nitrogens with zero attached hydrogens (tertiary/aromatic N) is 2. The molecule has 0 fully saturated rings. The lowest BCUT2D eigenvalue weighted by atomic mass is 10.1. The van der Waals surface area contributed by atoms with Gasteiger partial charge in [-0.05, 0) is 41.8 Å². The number of benzene rings is 2. The first kappa shape index (κ1) is 21.9. The van der Waals surface area contributed by atoms with E-state index in [-0.39, 0.29) is 21.1 Å². The highest BCUT2D eigenvalue weighted by Gasteiger charge is 2.19. The maximum atomic E-state index is 12.4. The van der Waals surface area contributed by atoms with Crippen molar-refractivity contribution in [3.05, 3.63) is 93.4 Å². The Morgan fingerprint density at radius 1 is 1.06 bits per heavy atom. The first-order chi connectivity index (χ1) is 14.9. The van der Waals surface area contributed by atoms with Crippen LogP contribution in [0.2, 0.25) is 0 Å². The molecule has 158 valence electrons. The van der Waals surface area contributed by atoms with Gasteiger partial charge in [0.05, 0.1) is 21.7 Å².